The van der Waals surface area contributed by atoms with Gasteiger partial charge in [0.15, 0.2) is 0 Å². The highest BCUT2D eigenvalue weighted by molar-refractivity contribution is 5.84. The normalized spacial score (nSPS) is 13.6. The first-order valence-electron chi connectivity index (χ1n) is 10.1. The van der Waals surface area contributed by atoms with E-state index in [1.165, 1.54) is 27.8 Å². The van der Waals surface area contributed by atoms with Crippen molar-refractivity contribution in [1.29, 1.82) is 0 Å². The van der Waals surface area contributed by atoms with Crippen molar-refractivity contribution in [3.8, 4) is 11.1 Å². The number of nitrogens with one attached hydrogen (secondary N) is 2. The summed E-state index contributed by atoms with van der Waals surface area (Å²) in [6.45, 7) is 1.38. The van der Waals surface area contributed by atoms with Crippen molar-refractivity contribution in [2.24, 2.45) is 0 Å². The SMILES string of the molecule is O=C(CC1c2ccccc2-c2ccccc21)NCC(O)CNCc1ccccc1. The van der Waals surface area contributed by atoms with Crippen LogP contribution in [0.5, 0.6) is 0 Å². The molecule has 3 N–H and O–H groups in total. The standard InChI is InChI=1S/C25H26N2O2/c28-19(16-26-15-18-8-2-1-3-9-18)17-27-25(29)14-24-22-12-6-4-10-20(22)21-11-5-7-13-23(21)24/h1-13,19,24,26,28H,14-17H2,(H,27,29). The van der Waals surface area contributed by atoms with Crippen LogP contribution in [-0.4, -0.2) is 30.2 Å². The fourth-order valence-electron chi connectivity index (χ4n) is 4.02. The number of hydrogen-bond acceptors (Lipinski definition) is 3. The molecule has 0 bridgehead atoms. The maximum atomic E-state index is 12.6. The van der Waals surface area contributed by atoms with Crippen molar-refractivity contribution < 1.29 is 9.90 Å². The van der Waals surface area contributed by atoms with Crippen LogP contribution in [0.25, 0.3) is 11.1 Å². The molecule has 1 amide bonds. The molecule has 0 radical (unpaired) electrons. The molecule has 0 aliphatic heterocycles. The van der Waals surface area contributed by atoms with Crippen molar-refractivity contribution >= 4 is 5.91 Å². The molecule has 3 aromatic carbocycles. The highest BCUT2D eigenvalue weighted by Gasteiger charge is 2.29. The number of rotatable bonds is 8. The molecular weight excluding hydrogens is 360 g/mol. The third kappa shape index (κ3) is 4.56. The van der Waals surface area contributed by atoms with Crippen LogP contribution >= 0.6 is 0 Å². The van der Waals surface area contributed by atoms with Gasteiger partial charge in [0, 0.05) is 32.0 Å². The van der Waals surface area contributed by atoms with Gasteiger partial charge in [-0.3, -0.25) is 4.79 Å². The third-order valence-corrected chi connectivity index (χ3v) is 5.44. The number of aliphatic hydroxyl groups excluding tert-OH is 1. The second-order valence-corrected chi connectivity index (χ2v) is 7.51. The van der Waals surface area contributed by atoms with E-state index in [4.69, 9.17) is 0 Å². The van der Waals surface area contributed by atoms with Crippen LogP contribution in [0.4, 0.5) is 0 Å². The predicted molar refractivity (Wildman–Crippen MR) is 116 cm³/mol. The van der Waals surface area contributed by atoms with E-state index in [2.05, 4.69) is 34.9 Å². The van der Waals surface area contributed by atoms with E-state index in [0.717, 1.165) is 0 Å². The zero-order chi connectivity index (χ0) is 20.1. The van der Waals surface area contributed by atoms with E-state index in [9.17, 15) is 9.90 Å². The van der Waals surface area contributed by atoms with Crippen LogP contribution in [0.15, 0.2) is 78.9 Å². The van der Waals surface area contributed by atoms with Gasteiger partial charge in [-0.25, -0.2) is 0 Å². The van der Waals surface area contributed by atoms with Gasteiger partial charge in [-0.1, -0.05) is 78.9 Å². The summed E-state index contributed by atoms with van der Waals surface area (Å²) >= 11 is 0. The molecule has 1 unspecified atom stereocenters. The first-order valence-corrected chi connectivity index (χ1v) is 10.1. The Hall–Kier alpha value is -2.95. The molecule has 0 spiro atoms. The van der Waals surface area contributed by atoms with Gasteiger partial charge in [-0.05, 0) is 27.8 Å². The second-order valence-electron chi connectivity index (χ2n) is 7.51. The van der Waals surface area contributed by atoms with Gasteiger partial charge in [0.05, 0.1) is 6.10 Å². The quantitative estimate of drug-likeness (QED) is 0.556. The van der Waals surface area contributed by atoms with Crippen LogP contribution in [-0.2, 0) is 11.3 Å². The summed E-state index contributed by atoms with van der Waals surface area (Å²) in [4.78, 5) is 12.6. The third-order valence-electron chi connectivity index (χ3n) is 5.44. The lowest BCUT2D eigenvalue weighted by atomic mass is 9.93. The maximum absolute atomic E-state index is 12.6. The largest absolute Gasteiger partial charge is 0.390 e. The number of fused-ring (bicyclic) bond motifs is 3. The van der Waals surface area contributed by atoms with Crippen molar-refractivity contribution in [2.75, 3.05) is 13.1 Å². The van der Waals surface area contributed by atoms with Gasteiger partial charge in [0.1, 0.15) is 0 Å². The average molecular weight is 386 g/mol. The van der Waals surface area contributed by atoms with Gasteiger partial charge < -0.3 is 15.7 Å². The number of carbonyl (C=O) groups is 1. The molecule has 1 aliphatic rings. The van der Waals surface area contributed by atoms with Crippen LogP contribution in [0.1, 0.15) is 29.0 Å². The first-order chi connectivity index (χ1) is 14.2. The number of carbonyl (C=O) groups excluding carboxylic acids is 1. The Balaban J connectivity index is 1.29. The van der Waals surface area contributed by atoms with Crippen molar-refractivity contribution in [1.82, 2.24) is 10.6 Å². The molecule has 3 aromatic rings. The highest BCUT2D eigenvalue weighted by atomic mass is 16.3. The molecule has 4 rings (SSSR count). The lowest BCUT2D eigenvalue weighted by molar-refractivity contribution is -0.121. The summed E-state index contributed by atoms with van der Waals surface area (Å²) in [6.07, 6.45) is -0.233. The lowest BCUT2D eigenvalue weighted by Gasteiger charge is -2.16. The Morgan fingerprint density at radius 2 is 1.41 bits per heavy atom. The zero-order valence-electron chi connectivity index (χ0n) is 16.3. The van der Waals surface area contributed by atoms with Gasteiger partial charge >= 0.3 is 0 Å². The van der Waals surface area contributed by atoms with Gasteiger partial charge in [0.2, 0.25) is 5.91 Å². The molecule has 4 nitrogen and oxygen atoms in total. The van der Waals surface area contributed by atoms with E-state index in [1.807, 2.05) is 54.6 Å². The van der Waals surface area contributed by atoms with Crippen LogP contribution in [0, 0.1) is 0 Å². The number of hydrogen-bond donors (Lipinski definition) is 3. The lowest BCUT2D eigenvalue weighted by Crippen LogP contribution is -2.38. The fourth-order valence-corrected chi connectivity index (χ4v) is 4.02. The smallest absolute Gasteiger partial charge is 0.221 e. The number of benzene rings is 3. The Bertz CT molecular complexity index is 926. The van der Waals surface area contributed by atoms with Crippen molar-refractivity contribution in [2.45, 2.75) is 25.0 Å². The van der Waals surface area contributed by atoms with Gasteiger partial charge in [0.25, 0.3) is 0 Å². The molecule has 0 heterocycles. The molecule has 0 aromatic heterocycles. The summed E-state index contributed by atoms with van der Waals surface area (Å²) in [5.41, 5.74) is 6.00. The number of aliphatic hydroxyl groups is 1. The molecular formula is C25H26N2O2. The maximum Gasteiger partial charge on any atom is 0.221 e. The molecule has 0 saturated heterocycles. The molecule has 0 saturated carbocycles. The Labute approximate surface area is 171 Å². The van der Waals surface area contributed by atoms with E-state index in [-0.39, 0.29) is 18.4 Å². The van der Waals surface area contributed by atoms with E-state index < -0.39 is 6.10 Å². The topological polar surface area (TPSA) is 61.4 Å². The van der Waals surface area contributed by atoms with Crippen LogP contribution in [0.2, 0.25) is 0 Å². The minimum absolute atomic E-state index is 0.0383. The minimum atomic E-state index is -0.620. The van der Waals surface area contributed by atoms with Crippen molar-refractivity contribution in [3.05, 3.63) is 95.6 Å². The summed E-state index contributed by atoms with van der Waals surface area (Å²) in [5, 5.41) is 16.3. The Kier molecular flexibility index (Phi) is 6.03. The summed E-state index contributed by atoms with van der Waals surface area (Å²) in [6, 6.07) is 26.6. The monoisotopic (exact) mass is 386 g/mol. The molecule has 148 valence electrons. The summed E-state index contributed by atoms with van der Waals surface area (Å²) in [7, 11) is 0. The Morgan fingerprint density at radius 1 is 0.828 bits per heavy atom. The van der Waals surface area contributed by atoms with E-state index in [0.29, 0.717) is 19.5 Å². The molecule has 0 fully saturated rings. The molecule has 4 heteroatoms. The second kappa shape index (κ2) is 9.03. The number of amides is 1. The van der Waals surface area contributed by atoms with Gasteiger partial charge in [-0.15, -0.1) is 0 Å². The van der Waals surface area contributed by atoms with Crippen LogP contribution < -0.4 is 10.6 Å². The predicted octanol–water partition coefficient (Wildman–Crippen LogP) is 3.46. The van der Waals surface area contributed by atoms with E-state index in [1.54, 1.807) is 0 Å². The zero-order valence-corrected chi connectivity index (χ0v) is 16.3. The van der Waals surface area contributed by atoms with E-state index >= 15 is 0 Å². The summed E-state index contributed by atoms with van der Waals surface area (Å²) in [5.74, 6) is 0.0272. The molecule has 1 aliphatic carbocycles. The first kappa shape index (κ1) is 19.4. The van der Waals surface area contributed by atoms with Crippen molar-refractivity contribution in [3.63, 3.8) is 0 Å². The minimum Gasteiger partial charge on any atom is -0.390 e. The fraction of sp³-hybridized carbons (Fsp3) is 0.240. The highest BCUT2D eigenvalue weighted by Crippen LogP contribution is 2.45. The molecule has 1 atom stereocenters. The molecule has 29 heavy (non-hydrogen) atoms. The Morgan fingerprint density at radius 3 is 2.07 bits per heavy atom. The average Bonchev–Trinajstić information content (AvgIpc) is 3.07. The van der Waals surface area contributed by atoms with Gasteiger partial charge in [-0.2, -0.15) is 0 Å². The van der Waals surface area contributed by atoms with Crippen LogP contribution in [0.3, 0.4) is 0 Å². The summed E-state index contributed by atoms with van der Waals surface area (Å²) < 4.78 is 0.